The summed E-state index contributed by atoms with van der Waals surface area (Å²) in [7, 11) is 0. The fourth-order valence-corrected chi connectivity index (χ4v) is 2.42. The Kier molecular flexibility index (Phi) is 11.4. The van der Waals surface area contributed by atoms with E-state index in [2.05, 4.69) is 0 Å². The lowest BCUT2D eigenvalue weighted by atomic mass is 10.1. The number of benzene rings is 1. The van der Waals surface area contributed by atoms with Crippen LogP contribution in [0.5, 0.6) is 11.5 Å². The minimum atomic E-state index is -1.000. The van der Waals surface area contributed by atoms with E-state index >= 15 is 0 Å². The van der Waals surface area contributed by atoms with Crippen molar-refractivity contribution in [3.05, 3.63) is 36.4 Å². The van der Waals surface area contributed by atoms with E-state index < -0.39 is 11.9 Å². The minimum Gasteiger partial charge on any atom is -0.490 e. The average molecular weight is 364 g/mol. The van der Waals surface area contributed by atoms with Gasteiger partial charge in [0.05, 0.1) is 6.61 Å². The highest BCUT2D eigenvalue weighted by Gasteiger charge is 2.03. The number of hydrogen-bond donors (Lipinski definition) is 2. The Labute approximate surface area is 154 Å². The molecule has 6 heteroatoms. The Morgan fingerprint density at radius 2 is 1.42 bits per heavy atom. The van der Waals surface area contributed by atoms with Crippen molar-refractivity contribution in [3.8, 4) is 11.5 Å². The molecule has 0 saturated heterocycles. The molecule has 0 amide bonds. The van der Waals surface area contributed by atoms with Crippen LogP contribution in [-0.4, -0.2) is 35.4 Å². The molecule has 1 aromatic rings. The van der Waals surface area contributed by atoms with E-state index in [-0.39, 0.29) is 13.0 Å². The number of carbonyl (C=O) groups is 2. The predicted octanol–water partition coefficient (Wildman–Crippen LogP) is 4.29. The number of carboxylic acids is 2. The van der Waals surface area contributed by atoms with Crippen LogP contribution in [0.2, 0.25) is 0 Å². The summed E-state index contributed by atoms with van der Waals surface area (Å²) in [6.45, 7) is 0.777. The van der Waals surface area contributed by atoms with Gasteiger partial charge in [-0.1, -0.05) is 44.2 Å². The first-order valence-electron chi connectivity index (χ1n) is 9.05. The van der Waals surface area contributed by atoms with E-state index in [4.69, 9.17) is 19.7 Å². The Hall–Kier alpha value is -2.50. The third kappa shape index (κ3) is 11.1. The van der Waals surface area contributed by atoms with Gasteiger partial charge in [0.25, 0.3) is 0 Å². The maximum absolute atomic E-state index is 10.4. The first-order valence-corrected chi connectivity index (χ1v) is 9.05. The van der Waals surface area contributed by atoms with Gasteiger partial charge in [0.15, 0.2) is 11.5 Å². The standard InChI is InChI=1S/C20H28O6/c21-19(22)13-6-4-2-1-3-5-9-15-25-17-11-7-8-12-18(17)26-16-10-14-20(23)24/h7-8,10-12,14H,1-6,9,13,15-16H2,(H,21,22)(H,23,24). The van der Waals surface area contributed by atoms with Crippen molar-refractivity contribution in [2.75, 3.05) is 13.2 Å². The molecule has 0 aliphatic rings. The van der Waals surface area contributed by atoms with Crippen LogP contribution < -0.4 is 9.47 Å². The van der Waals surface area contributed by atoms with E-state index in [9.17, 15) is 9.59 Å². The second-order valence-corrected chi connectivity index (χ2v) is 5.97. The second-order valence-electron chi connectivity index (χ2n) is 5.97. The number of carboxylic acid groups (broad SMARTS) is 2. The summed E-state index contributed by atoms with van der Waals surface area (Å²) in [6.07, 6.45) is 9.83. The maximum Gasteiger partial charge on any atom is 0.328 e. The summed E-state index contributed by atoms with van der Waals surface area (Å²) in [5, 5.41) is 17.1. The summed E-state index contributed by atoms with van der Waals surface area (Å²) in [4.78, 5) is 20.8. The molecule has 144 valence electrons. The Bertz CT molecular complexity index is 567. The van der Waals surface area contributed by atoms with Gasteiger partial charge in [-0.2, -0.15) is 0 Å². The van der Waals surface area contributed by atoms with Gasteiger partial charge in [-0.3, -0.25) is 4.79 Å². The SMILES string of the molecule is O=C(O)C=CCOc1ccccc1OCCCCCCCCCC(=O)O. The molecule has 0 radical (unpaired) electrons. The topological polar surface area (TPSA) is 93.1 Å². The number of hydrogen-bond acceptors (Lipinski definition) is 4. The summed E-state index contributed by atoms with van der Waals surface area (Å²) < 4.78 is 11.3. The van der Waals surface area contributed by atoms with Gasteiger partial charge in [0.1, 0.15) is 6.61 Å². The molecular formula is C20H28O6. The first kappa shape index (κ1) is 21.5. The maximum atomic E-state index is 10.4. The number of para-hydroxylation sites is 2. The van der Waals surface area contributed by atoms with Crippen molar-refractivity contribution < 1.29 is 29.3 Å². The van der Waals surface area contributed by atoms with Crippen molar-refractivity contribution in [3.63, 3.8) is 0 Å². The van der Waals surface area contributed by atoms with E-state index in [1.165, 1.54) is 6.08 Å². The van der Waals surface area contributed by atoms with Gasteiger partial charge in [-0.05, 0) is 31.1 Å². The highest BCUT2D eigenvalue weighted by Crippen LogP contribution is 2.26. The Balaban J connectivity index is 2.13. The van der Waals surface area contributed by atoms with Crippen LogP contribution in [-0.2, 0) is 9.59 Å². The molecule has 0 saturated carbocycles. The molecule has 0 fully saturated rings. The lowest BCUT2D eigenvalue weighted by Crippen LogP contribution is -2.01. The highest BCUT2D eigenvalue weighted by atomic mass is 16.5. The molecule has 0 aromatic heterocycles. The van der Waals surface area contributed by atoms with Crippen LogP contribution in [0.25, 0.3) is 0 Å². The van der Waals surface area contributed by atoms with E-state index in [1.807, 2.05) is 18.2 Å². The van der Waals surface area contributed by atoms with Gasteiger partial charge in [0.2, 0.25) is 0 Å². The monoisotopic (exact) mass is 364 g/mol. The first-order chi connectivity index (χ1) is 12.6. The van der Waals surface area contributed by atoms with Gasteiger partial charge in [-0.15, -0.1) is 0 Å². The average Bonchev–Trinajstić information content (AvgIpc) is 2.61. The fourth-order valence-electron chi connectivity index (χ4n) is 2.42. The molecule has 26 heavy (non-hydrogen) atoms. The zero-order chi connectivity index (χ0) is 19.0. The summed E-state index contributed by atoms with van der Waals surface area (Å²) in [5.74, 6) is -0.463. The number of aliphatic carboxylic acids is 2. The zero-order valence-corrected chi connectivity index (χ0v) is 15.1. The van der Waals surface area contributed by atoms with Crippen LogP contribution in [0.4, 0.5) is 0 Å². The van der Waals surface area contributed by atoms with Crippen LogP contribution in [0.3, 0.4) is 0 Å². The molecule has 1 rings (SSSR count). The van der Waals surface area contributed by atoms with Crippen molar-refractivity contribution in [2.45, 2.75) is 51.4 Å². The third-order valence-electron chi connectivity index (χ3n) is 3.74. The minimum absolute atomic E-state index is 0.175. The van der Waals surface area contributed by atoms with E-state index in [0.717, 1.165) is 51.0 Å². The third-order valence-corrected chi connectivity index (χ3v) is 3.74. The molecule has 6 nitrogen and oxygen atoms in total. The molecular weight excluding hydrogens is 336 g/mol. The van der Waals surface area contributed by atoms with Crippen LogP contribution in [0, 0.1) is 0 Å². The number of ether oxygens (including phenoxy) is 2. The second kappa shape index (κ2) is 13.8. The summed E-state index contributed by atoms with van der Waals surface area (Å²) in [6, 6.07) is 7.33. The van der Waals surface area contributed by atoms with E-state index in [0.29, 0.717) is 18.1 Å². The Morgan fingerprint density at radius 3 is 2.04 bits per heavy atom. The molecule has 2 N–H and O–H groups in total. The molecule has 0 spiro atoms. The van der Waals surface area contributed by atoms with Crippen molar-refractivity contribution >= 4 is 11.9 Å². The molecule has 0 aliphatic carbocycles. The van der Waals surface area contributed by atoms with Gasteiger partial charge in [0, 0.05) is 12.5 Å². The fraction of sp³-hybridized carbons (Fsp3) is 0.500. The summed E-state index contributed by atoms with van der Waals surface area (Å²) in [5.41, 5.74) is 0. The molecule has 0 heterocycles. The molecule has 1 aromatic carbocycles. The lowest BCUT2D eigenvalue weighted by Gasteiger charge is -2.11. The molecule has 0 atom stereocenters. The quantitative estimate of drug-likeness (QED) is 0.356. The molecule has 0 unspecified atom stereocenters. The molecule has 0 bridgehead atoms. The Morgan fingerprint density at radius 1 is 0.846 bits per heavy atom. The lowest BCUT2D eigenvalue weighted by molar-refractivity contribution is -0.137. The normalized spacial score (nSPS) is 10.8. The van der Waals surface area contributed by atoms with E-state index in [1.54, 1.807) is 6.07 Å². The zero-order valence-electron chi connectivity index (χ0n) is 15.1. The summed E-state index contributed by atoms with van der Waals surface area (Å²) >= 11 is 0. The van der Waals surface area contributed by atoms with Crippen molar-refractivity contribution in [1.82, 2.24) is 0 Å². The smallest absolute Gasteiger partial charge is 0.328 e. The molecule has 0 aliphatic heterocycles. The number of unbranched alkanes of at least 4 members (excludes halogenated alkanes) is 6. The highest BCUT2D eigenvalue weighted by molar-refractivity contribution is 5.79. The van der Waals surface area contributed by atoms with Crippen molar-refractivity contribution in [1.29, 1.82) is 0 Å². The van der Waals surface area contributed by atoms with Crippen LogP contribution in [0.15, 0.2) is 36.4 Å². The van der Waals surface area contributed by atoms with Gasteiger partial charge < -0.3 is 19.7 Å². The number of rotatable bonds is 15. The predicted molar refractivity (Wildman–Crippen MR) is 98.8 cm³/mol. The van der Waals surface area contributed by atoms with Gasteiger partial charge >= 0.3 is 11.9 Å². The van der Waals surface area contributed by atoms with Crippen molar-refractivity contribution in [2.24, 2.45) is 0 Å². The van der Waals surface area contributed by atoms with Crippen LogP contribution >= 0.6 is 0 Å². The van der Waals surface area contributed by atoms with Gasteiger partial charge in [-0.25, -0.2) is 4.79 Å². The van der Waals surface area contributed by atoms with Crippen LogP contribution in [0.1, 0.15) is 51.4 Å². The largest absolute Gasteiger partial charge is 0.490 e.